The first-order valence-electron chi connectivity index (χ1n) is 6.18. The van der Waals surface area contributed by atoms with Gasteiger partial charge in [-0.1, -0.05) is 44.9 Å². The van der Waals surface area contributed by atoms with Crippen molar-refractivity contribution in [3.05, 3.63) is 0 Å². The molecule has 88 valence electrons. The molecule has 0 aliphatic heterocycles. The predicted molar refractivity (Wildman–Crippen MR) is 60.2 cm³/mol. The molecule has 1 rings (SSSR count). The average molecular weight is 213 g/mol. The van der Waals surface area contributed by atoms with E-state index >= 15 is 0 Å². The van der Waals surface area contributed by atoms with E-state index in [2.05, 4.69) is 4.74 Å². The van der Waals surface area contributed by atoms with Crippen molar-refractivity contribution in [2.75, 3.05) is 6.73 Å². The summed E-state index contributed by atoms with van der Waals surface area (Å²) < 4.78 is 4.67. The minimum Gasteiger partial charge on any atom is -0.450 e. The Morgan fingerprint density at radius 1 is 1.20 bits per heavy atom. The minimum atomic E-state index is -0.152. The number of rotatable bonds is 6. The first-order chi connectivity index (χ1) is 7.33. The van der Waals surface area contributed by atoms with Gasteiger partial charge in [0.05, 0.1) is 0 Å². The topological polar surface area (TPSA) is 52.3 Å². The highest BCUT2D eigenvalue weighted by atomic mass is 16.5. The number of hydrogen-bond acceptors (Lipinski definition) is 3. The molecule has 3 heteroatoms. The zero-order valence-electron chi connectivity index (χ0n) is 9.54. The van der Waals surface area contributed by atoms with Gasteiger partial charge in [0.1, 0.15) is 6.73 Å². The van der Waals surface area contributed by atoms with Crippen molar-refractivity contribution in [1.29, 1.82) is 0 Å². The molecule has 0 saturated heterocycles. The molecule has 1 aliphatic rings. The Bertz CT molecular complexity index is 176. The van der Waals surface area contributed by atoms with Crippen molar-refractivity contribution in [2.45, 2.75) is 57.8 Å². The molecule has 1 aliphatic carbocycles. The van der Waals surface area contributed by atoms with Crippen LogP contribution in [0.4, 0.5) is 0 Å². The van der Waals surface area contributed by atoms with E-state index in [4.69, 9.17) is 5.73 Å². The van der Waals surface area contributed by atoms with E-state index in [0.29, 0.717) is 6.42 Å². The lowest BCUT2D eigenvalue weighted by Crippen LogP contribution is -2.12. The summed E-state index contributed by atoms with van der Waals surface area (Å²) in [6, 6.07) is 0. The second-order valence-electron chi connectivity index (χ2n) is 4.43. The lowest BCUT2D eigenvalue weighted by Gasteiger charge is -2.21. The van der Waals surface area contributed by atoms with Gasteiger partial charge in [-0.15, -0.1) is 0 Å². The van der Waals surface area contributed by atoms with Crippen LogP contribution in [-0.4, -0.2) is 12.7 Å². The Labute approximate surface area is 92.4 Å². The molecule has 0 radical (unpaired) electrons. The molecule has 1 saturated carbocycles. The molecule has 2 N–H and O–H groups in total. The zero-order chi connectivity index (χ0) is 10.9. The molecule has 0 aromatic heterocycles. The van der Waals surface area contributed by atoms with Crippen LogP contribution in [0, 0.1) is 5.92 Å². The van der Waals surface area contributed by atoms with Gasteiger partial charge in [0.15, 0.2) is 0 Å². The number of ether oxygens (including phenoxy) is 1. The fraction of sp³-hybridized carbons (Fsp3) is 0.917. The molecule has 0 unspecified atom stereocenters. The predicted octanol–water partition coefficient (Wildman–Crippen LogP) is 2.59. The van der Waals surface area contributed by atoms with Gasteiger partial charge >= 0.3 is 5.97 Å². The first-order valence-corrected chi connectivity index (χ1v) is 6.18. The number of hydrogen-bond donors (Lipinski definition) is 1. The molecule has 0 heterocycles. The standard InChI is InChI=1S/C12H23NO2/c13-10-15-12(14)9-5-4-8-11-6-2-1-3-7-11/h11H,1-10,13H2. The van der Waals surface area contributed by atoms with E-state index in [1.807, 2.05) is 0 Å². The van der Waals surface area contributed by atoms with E-state index in [-0.39, 0.29) is 12.7 Å². The molecule has 0 amide bonds. The molecule has 3 nitrogen and oxygen atoms in total. The molecule has 0 aromatic carbocycles. The van der Waals surface area contributed by atoms with Gasteiger partial charge in [0.2, 0.25) is 0 Å². The van der Waals surface area contributed by atoms with Crippen LogP contribution in [0.1, 0.15) is 57.8 Å². The van der Waals surface area contributed by atoms with E-state index in [9.17, 15) is 4.79 Å². The van der Waals surface area contributed by atoms with Crippen LogP contribution in [0.2, 0.25) is 0 Å². The van der Waals surface area contributed by atoms with Gasteiger partial charge in [0, 0.05) is 6.42 Å². The Balaban J connectivity index is 1.93. The third kappa shape index (κ3) is 5.78. The monoisotopic (exact) mass is 213 g/mol. The number of unbranched alkanes of at least 4 members (excludes halogenated alkanes) is 1. The Morgan fingerprint density at radius 2 is 1.93 bits per heavy atom. The lowest BCUT2D eigenvalue weighted by atomic mass is 9.86. The second kappa shape index (κ2) is 7.69. The average Bonchev–Trinajstić information content (AvgIpc) is 2.26. The Hall–Kier alpha value is -0.570. The maximum Gasteiger partial charge on any atom is 0.307 e. The number of carbonyl (C=O) groups is 1. The van der Waals surface area contributed by atoms with Crippen LogP contribution in [0.15, 0.2) is 0 Å². The smallest absolute Gasteiger partial charge is 0.307 e. The van der Waals surface area contributed by atoms with Crippen molar-refractivity contribution in [3.63, 3.8) is 0 Å². The summed E-state index contributed by atoms with van der Waals surface area (Å²) >= 11 is 0. The van der Waals surface area contributed by atoms with E-state index in [1.54, 1.807) is 0 Å². The molecule has 0 atom stereocenters. The molecule has 0 bridgehead atoms. The number of carbonyl (C=O) groups excluding carboxylic acids is 1. The highest BCUT2D eigenvalue weighted by Crippen LogP contribution is 2.27. The van der Waals surface area contributed by atoms with E-state index < -0.39 is 0 Å². The third-order valence-corrected chi connectivity index (χ3v) is 3.21. The van der Waals surface area contributed by atoms with Crippen LogP contribution < -0.4 is 5.73 Å². The molecule has 15 heavy (non-hydrogen) atoms. The van der Waals surface area contributed by atoms with Crippen molar-refractivity contribution < 1.29 is 9.53 Å². The van der Waals surface area contributed by atoms with Crippen LogP contribution in [0.3, 0.4) is 0 Å². The summed E-state index contributed by atoms with van der Waals surface area (Å²) in [5.41, 5.74) is 5.11. The van der Waals surface area contributed by atoms with Gasteiger partial charge < -0.3 is 4.74 Å². The highest BCUT2D eigenvalue weighted by molar-refractivity contribution is 5.69. The second-order valence-corrected chi connectivity index (χ2v) is 4.43. The normalized spacial score (nSPS) is 17.7. The van der Waals surface area contributed by atoms with Crippen LogP contribution in [0.5, 0.6) is 0 Å². The van der Waals surface area contributed by atoms with Crippen molar-refractivity contribution in [1.82, 2.24) is 0 Å². The molecular formula is C12H23NO2. The lowest BCUT2D eigenvalue weighted by molar-refractivity contribution is -0.143. The number of nitrogens with two attached hydrogens (primary N) is 1. The fourth-order valence-electron chi connectivity index (χ4n) is 2.34. The molecular weight excluding hydrogens is 190 g/mol. The van der Waals surface area contributed by atoms with Crippen LogP contribution in [0.25, 0.3) is 0 Å². The summed E-state index contributed by atoms with van der Waals surface area (Å²) in [6.07, 6.45) is 10.9. The van der Waals surface area contributed by atoms with Gasteiger partial charge in [-0.05, 0) is 12.3 Å². The fourth-order valence-corrected chi connectivity index (χ4v) is 2.34. The first kappa shape index (κ1) is 12.5. The summed E-state index contributed by atoms with van der Waals surface area (Å²) in [5, 5.41) is 0. The third-order valence-electron chi connectivity index (χ3n) is 3.21. The minimum absolute atomic E-state index is 0.0153. The Morgan fingerprint density at radius 3 is 2.60 bits per heavy atom. The molecule has 1 fully saturated rings. The number of esters is 1. The summed E-state index contributed by atoms with van der Waals surface area (Å²) in [6.45, 7) is 0.0153. The maximum atomic E-state index is 11.0. The maximum absolute atomic E-state index is 11.0. The zero-order valence-corrected chi connectivity index (χ0v) is 9.54. The van der Waals surface area contributed by atoms with Crippen molar-refractivity contribution in [3.8, 4) is 0 Å². The highest BCUT2D eigenvalue weighted by Gasteiger charge is 2.12. The van der Waals surface area contributed by atoms with Crippen LogP contribution in [-0.2, 0) is 9.53 Å². The SMILES string of the molecule is NCOC(=O)CCCCC1CCCCC1. The van der Waals surface area contributed by atoms with Gasteiger partial charge in [-0.2, -0.15) is 0 Å². The molecule has 0 aromatic rings. The van der Waals surface area contributed by atoms with Gasteiger partial charge in [-0.25, -0.2) is 0 Å². The van der Waals surface area contributed by atoms with E-state index in [1.165, 1.54) is 38.5 Å². The van der Waals surface area contributed by atoms with Crippen LogP contribution >= 0.6 is 0 Å². The summed E-state index contributed by atoms with van der Waals surface area (Å²) in [5.74, 6) is 0.769. The Kier molecular flexibility index (Phi) is 6.41. The van der Waals surface area contributed by atoms with Crippen molar-refractivity contribution >= 4 is 5.97 Å². The summed E-state index contributed by atoms with van der Waals surface area (Å²) in [7, 11) is 0. The van der Waals surface area contributed by atoms with E-state index in [0.717, 1.165) is 18.8 Å². The largest absolute Gasteiger partial charge is 0.450 e. The molecule has 0 spiro atoms. The van der Waals surface area contributed by atoms with Gasteiger partial charge in [-0.3, -0.25) is 10.5 Å². The summed E-state index contributed by atoms with van der Waals surface area (Å²) in [4.78, 5) is 11.0. The van der Waals surface area contributed by atoms with Gasteiger partial charge in [0.25, 0.3) is 0 Å². The quantitative estimate of drug-likeness (QED) is 0.419. The van der Waals surface area contributed by atoms with Crippen molar-refractivity contribution in [2.24, 2.45) is 11.7 Å².